The molecule has 8 heteroatoms. The van der Waals surface area contributed by atoms with Crippen LogP contribution in [-0.4, -0.2) is 38.6 Å². The first-order chi connectivity index (χ1) is 10.6. The number of carbonyl (C=O) groups is 1. The molecule has 0 atom stereocenters. The molecule has 0 aliphatic carbocycles. The van der Waals surface area contributed by atoms with Crippen LogP contribution in [0, 0.1) is 0 Å². The van der Waals surface area contributed by atoms with E-state index in [1.165, 1.54) is 23.2 Å². The van der Waals surface area contributed by atoms with E-state index in [1.54, 1.807) is 25.2 Å². The number of nitrogens with zero attached hydrogens (tertiary/aromatic N) is 4. The maximum atomic E-state index is 12.4. The summed E-state index contributed by atoms with van der Waals surface area (Å²) in [5, 5.41) is 13.7. The van der Waals surface area contributed by atoms with Crippen molar-refractivity contribution in [1.82, 2.24) is 25.6 Å². The second-order valence-electron chi connectivity index (χ2n) is 4.59. The van der Waals surface area contributed by atoms with Gasteiger partial charge < -0.3 is 9.88 Å². The fraction of sp³-hybridized carbons (Fsp3) is 0.0714. The fourth-order valence-electron chi connectivity index (χ4n) is 2.00. The number of rotatable bonds is 3. The maximum absolute atomic E-state index is 12.4. The lowest BCUT2D eigenvalue weighted by Gasteiger charge is -2.17. The first-order valence-corrected chi connectivity index (χ1v) is 6.46. The van der Waals surface area contributed by atoms with Crippen molar-refractivity contribution in [2.24, 2.45) is 0 Å². The van der Waals surface area contributed by atoms with Gasteiger partial charge in [-0.1, -0.05) is 12.1 Å². The molecule has 2 aromatic heterocycles. The number of anilines is 1. The smallest absolute Gasteiger partial charge is 0.274 e. The second kappa shape index (κ2) is 5.60. The van der Waals surface area contributed by atoms with Gasteiger partial charge in [0, 0.05) is 36.6 Å². The Balaban J connectivity index is 1.92. The average Bonchev–Trinajstić information content (AvgIpc) is 3.08. The maximum Gasteiger partial charge on any atom is 0.274 e. The minimum atomic E-state index is -0.317. The van der Waals surface area contributed by atoms with Crippen molar-refractivity contribution < 1.29 is 4.79 Å². The molecular weight excluding hydrogens is 284 g/mol. The molecule has 0 aliphatic rings. The molecule has 0 bridgehead atoms. The van der Waals surface area contributed by atoms with Crippen LogP contribution in [-0.2, 0) is 0 Å². The summed E-state index contributed by atoms with van der Waals surface area (Å²) < 4.78 is 0. The summed E-state index contributed by atoms with van der Waals surface area (Å²) >= 11 is 0. The van der Waals surface area contributed by atoms with Gasteiger partial charge in [-0.25, -0.2) is 0 Å². The summed E-state index contributed by atoms with van der Waals surface area (Å²) in [5.41, 5.74) is 1.38. The molecule has 1 amide bonds. The molecule has 0 saturated heterocycles. The minimum absolute atomic E-state index is 0.222. The number of benzene rings is 1. The van der Waals surface area contributed by atoms with Gasteiger partial charge in [0.2, 0.25) is 5.82 Å². The van der Waals surface area contributed by atoms with E-state index in [1.807, 2.05) is 6.07 Å². The molecule has 0 saturated carbocycles. The number of tetrazole rings is 1. The molecule has 110 valence electrons. The summed E-state index contributed by atoms with van der Waals surface area (Å²) in [6, 6.07) is 9.78. The van der Waals surface area contributed by atoms with E-state index in [-0.39, 0.29) is 17.0 Å². The van der Waals surface area contributed by atoms with Gasteiger partial charge in [-0.15, -0.1) is 10.2 Å². The largest absolute Gasteiger partial charge is 0.357 e. The Labute approximate surface area is 124 Å². The van der Waals surface area contributed by atoms with Crippen LogP contribution in [0.5, 0.6) is 0 Å². The van der Waals surface area contributed by atoms with Crippen LogP contribution in [0.4, 0.5) is 5.69 Å². The van der Waals surface area contributed by atoms with Crippen molar-refractivity contribution >= 4 is 11.6 Å². The highest BCUT2D eigenvalue weighted by atomic mass is 16.2. The summed E-state index contributed by atoms with van der Waals surface area (Å²) in [5.74, 6) is 0.124. The van der Waals surface area contributed by atoms with Gasteiger partial charge in [-0.3, -0.25) is 9.59 Å². The van der Waals surface area contributed by atoms with Crippen molar-refractivity contribution in [1.29, 1.82) is 0 Å². The topological polar surface area (TPSA) is 108 Å². The van der Waals surface area contributed by atoms with E-state index in [4.69, 9.17) is 0 Å². The normalized spacial score (nSPS) is 10.4. The predicted octanol–water partition coefficient (Wildman–Crippen LogP) is 0.832. The van der Waals surface area contributed by atoms with Crippen LogP contribution in [0.25, 0.3) is 11.4 Å². The number of aromatic amines is 2. The zero-order valence-electron chi connectivity index (χ0n) is 11.6. The number of pyridine rings is 1. The standard InChI is InChI=1S/C14H12N6O2/c1-20(14(22)12-8-11(21)5-6-15-12)10-4-2-3-9(7-10)13-16-18-19-17-13/h2-8H,1H3,(H,15,21)(H,16,17,18,19). The Kier molecular flexibility index (Phi) is 3.48. The first kappa shape index (κ1) is 13.7. The summed E-state index contributed by atoms with van der Waals surface area (Å²) in [6.45, 7) is 0. The van der Waals surface area contributed by atoms with Crippen LogP contribution in [0.3, 0.4) is 0 Å². The molecule has 2 heterocycles. The highest BCUT2D eigenvalue weighted by molar-refractivity contribution is 6.04. The Morgan fingerprint density at radius 2 is 2.09 bits per heavy atom. The van der Waals surface area contributed by atoms with E-state index < -0.39 is 0 Å². The molecule has 0 aliphatic heterocycles. The van der Waals surface area contributed by atoms with Gasteiger partial charge in [0.25, 0.3) is 5.91 Å². The Hall–Kier alpha value is -3.29. The van der Waals surface area contributed by atoms with Gasteiger partial charge >= 0.3 is 0 Å². The number of H-pyrrole nitrogens is 2. The lowest BCUT2D eigenvalue weighted by molar-refractivity contribution is 0.0988. The lowest BCUT2D eigenvalue weighted by Crippen LogP contribution is -2.27. The Morgan fingerprint density at radius 1 is 1.23 bits per heavy atom. The second-order valence-corrected chi connectivity index (χ2v) is 4.59. The Morgan fingerprint density at radius 3 is 2.82 bits per heavy atom. The number of aromatic nitrogens is 5. The van der Waals surface area contributed by atoms with Crippen molar-refractivity contribution in [3.05, 3.63) is 58.5 Å². The highest BCUT2D eigenvalue weighted by Crippen LogP contribution is 2.21. The molecule has 2 N–H and O–H groups in total. The van der Waals surface area contributed by atoms with Crippen molar-refractivity contribution in [3.8, 4) is 11.4 Å². The third-order valence-electron chi connectivity index (χ3n) is 3.15. The van der Waals surface area contributed by atoms with Gasteiger partial charge in [0.1, 0.15) is 5.69 Å². The number of hydrogen-bond donors (Lipinski definition) is 2. The molecule has 0 radical (unpaired) electrons. The number of hydrogen-bond acceptors (Lipinski definition) is 5. The predicted molar refractivity (Wildman–Crippen MR) is 79.4 cm³/mol. The van der Waals surface area contributed by atoms with Crippen LogP contribution in [0.2, 0.25) is 0 Å². The minimum Gasteiger partial charge on any atom is -0.357 e. The van der Waals surface area contributed by atoms with Gasteiger partial charge in [0.05, 0.1) is 0 Å². The molecule has 0 unspecified atom stereocenters. The highest BCUT2D eigenvalue weighted by Gasteiger charge is 2.15. The molecule has 1 aromatic carbocycles. The molecule has 22 heavy (non-hydrogen) atoms. The van der Waals surface area contributed by atoms with Crippen LogP contribution < -0.4 is 10.3 Å². The molecule has 0 fully saturated rings. The fourth-order valence-corrected chi connectivity index (χ4v) is 2.00. The zero-order chi connectivity index (χ0) is 15.5. The molecule has 3 rings (SSSR count). The number of carbonyl (C=O) groups excluding carboxylic acids is 1. The SMILES string of the molecule is CN(C(=O)c1cc(=O)cc[nH]1)c1cccc(-c2nn[nH]n2)c1. The van der Waals surface area contributed by atoms with Crippen molar-refractivity contribution in [3.63, 3.8) is 0 Å². The van der Waals surface area contributed by atoms with E-state index in [9.17, 15) is 9.59 Å². The van der Waals surface area contributed by atoms with E-state index in [0.717, 1.165) is 5.56 Å². The molecule has 0 spiro atoms. The van der Waals surface area contributed by atoms with Gasteiger partial charge in [-0.05, 0) is 17.3 Å². The summed E-state index contributed by atoms with van der Waals surface area (Å²) in [7, 11) is 1.63. The lowest BCUT2D eigenvalue weighted by atomic mass is 10.1. The monoisotopic (exact) mass is 296 g/mol. The van der Waals surface area contributed by atoms with Crippen molar-refractivity contribution in [2.45, 2.75) is 0 Å². The van der Waals surface area contributed by atoms with Crippen molar-refractivity contribution in [2.75, 3.05) is 11.9 Å². The molecule has 8 nitrogen and oxygen atoms in total. The molecular formula is C14H12N6O2. The van der Waals surface area contributed by atoms with E-state index >= 15 is 0 Å². The van der Waals surface area contributed by atoms with Gasteiger partial charge in [-0.2, -0.15) is 5.21 Å². The molecule has 3 aromatic rings. The summed E-state index contributed by atoms with van der Waals surface area (Å²) in [6.07, 6.45) is 1.44. The third-order valence-corrected chi connectivity index (χ3v) is 3.15. The number of nitrogens with one attached hydrogen (secondary N) is 2. The Bertz CT molecular complexity index is 856. The van der Waals surface area contributed by atoms with E-state index in [0.29, 0.717) is 11.5 Å². The zero-order valence-corrected chi connectivity index (χ0v) is 11.6. The quantitative estimate of drug-likeness (QED) is 0.744. The van der Waals surface area contributed by atoms with E-state index in [2.05, 4.69) is 25.6 Å². The number of amides is 1. The van der Waals surface area contributed by atoms with Gasteiger partial charge in [0.15, 0.2) is 5.43 Å². The summed E-state index contributed by atoms with van der Waals surface area (Å²) in [4.78, 5) is 28.0. The van der Waals surface area contributed by atoms with Crippen LogP contribution in [0.15, 0.2) is 47.4 Å². The average molecular weight is 296 g/mol. The first-order valence-electron chi connectivity index (χ1n) is 6.46. The van der Waals surface area contributed by atoms with Crippen LogP contribution >= 0.6 is 0 Å². The third kappa shape index (κ3) is 2.62. The van der Waals surface area contributed by atoms with Crippen LogP contribution in [0.1, 0.15) is 10.5 Å².